The van der Waals surface area contributed by atoms with E-state index in [1.165, 1.54) is 23.1 Å². The van der Waals surface area contributed by atoms with E-state index in [1.54, 1.807) is 24.3 Å². The van der Waals surface area contributed by atoms with Gasteiger partial charge in [0.15, 0.2) is 0 Å². The molecule has 0 aliphatic carbocycles. The van der Waals surface area contributed by atoms with E-state index >= 15 is 0 Å². The molecule has 0 saturated heterocycles. The topological polar surface area (TPSA) is 49.4 Å². The lowest BCUT2D eigenvalue weighted by molar-refractivity contribution is -0.138. The van der Waals surface area contributed by atoms with Gasteiger partial charge < -0.3 is 10.2 Å². The van der Waals surface area contributed by atoms with Crippen molar-refractivity contribution in [3.63, 3.8) is 0 Å². The van der Waals surface area contributed by atoms with Crippen LogP contribution in [0.2, 0.25) is 0 Å². The van der Waals surface area contributed by atoms with Crippen LogP contribution in [0.4, 0.5) is 13.2 Å². The summed E-state index contributed by atoms with van der Waals surface area (Å²) in [5, 5.41) is 2.64. The molecule has 1 aliphatic heterocycles. The molecule has 1 heterocycles. The zero-order valence-corrected chi connectivity index (χ0v) is 19.7. The van der Waals surface area contributed by atoms with Gasteiger partial charge in [-0.3, -0.25) is 9.59 Å². The van der Waals surface area contributed by atoms with Gasteiger partial charge in [0.2, 0.25) is 5.91 Å². The Morgan fingerprint density at radius 1 is 0.757 bits per heavy atom. The molecule has 1 N–H and O–H groups in total. The Balaban J connectivity index is 1.45. The molecule has 4 nitrogen and oxygen atoms in total. The van der Waals surface area contributed by atoms with E-state index in [0.717, 1.165) is 22.8 Å². The minimum Gasteiger partial charge on any atom is -0.350 e. The van der Waals surface area contributed by atoms with Crippen LogP contribution < -0.4 is 5.32 Å². The van der Waals surface area contributed by atoms with Crippen molar-refractivity contribution in [3.05, 3.63) is 131 Å². The zero-order chi connectivity index (χ0) is 26.0. The summed E-state index contributed by atoms with van der Waals surface area (Å²) in [6, 6.07) is 28.4. The number of amides is 2. The fourth-order valence-electron chi connectivity index (χ4n) is 4.79. The van der Waals surface area contributed by atoms with Crippen molar-refractivity contribution in [1.82, 2.24) is 10.2 Å². The number of carbonyl (C=O) groups excluding carboxylic acids is 2. The molecule has 1 unspecified atom stereocenters. The zero-order valence-electron chi connectivity index (χ0n) is 19.7. The number of hydrogen-bond acceptors (Lipinski definition) is 2. The monoisotopic (exact) mass is 500 g/mol. The molecule has 4 aromatic rings. The number of alkyl halides is 3. The summed E-state index contributed by atoms with van der Waals surface area (Å²) in [5.41, 5.74) is 2.88. The highest BCUT2D eigenvalue weighted by Crippen LogP contribution is 2.37. The van der Waals surface area contributed by atoms with E-state index in [1.807, 2.05) is 54.6 Å². The third-order valence-corrected chi connectivity index (χ3v) is 6.53. The fourth-order valence-corrected chi connectivity index (χ4v) is 4.79. The second kappa shape index (κ2) is 9.93. The quantitative estimate of drug-likeness (QED) is 0.334. The predicted octanol–water partition coefficient (Wildman–Crippen LogP) is 6.39. The number of halogens is 3. The van der Waals surface area contributed by atoms with Gasteiger partial charge in [-0.1, -0.05) is 91.0 Å². The fraction of sp³-hybridized carbons (Fsp3) is 0.133. The van der Waals surface area contributed by atoms with Crippen LogP contribution in [0.15, 0.2) is 103 Å². The maximum absolute atomic E-state index is 13.5. The van der Waals surface area contributed by atoms with Gasteiger partial charge in [0.25, 0.3) is 5.91 Å². The Kier molecular flexibility index (Phi) is 6.53. The normalized spacial score (nSPS) is 14.9. The summed E-state index contributed by atoms with van der Waals surface area (Å²) in [6.45, 7) is -0.147. The molecule has 7 heteroatoms. The highest BCUT2D eigenvalue weighted by atomic mass is 19.4. The third-order valence-electron chi connectivity index (χ3n) is 6.53. The molecule has 5 rings (SSSR count). The van der Waals surface area contributed by atoms with Gasteiger partial charge in [0.1, 0.15) is 6.04 Å². The summed E-state index contributed by atoms with van der Waals surface area (Å²) in [6.07, 6.45) is -4.54. The first-order valence-electron chi connectivity index (χ1n) is 11.8. The Hall–Kier alpha value is -4.39. The highest BCUT2D eigenvalue weighted by Gasteiger charge is 2.41. The van der Waals surface area contributed by atoms with E-state index in [2.05, 4.69) is 5.32 Å². The second-order valence-electron chi connectivity index (χ2n) is 8.82. The maximum atomic E-state index is 13.5. The first-order chi connectivity index (χ1) is 17.8. The Bertz CT molecular complexity index is 1450. The smallest absolute Gasteiger partial charge is 0.350 e. The number of rotatable bonds is 6. The maximum Gasteiger partial charge on any atom is 0.416 e. The molecule has 186 valence electrons. The highest BCUT2D eigenvalue weighted by molar-refractivity contribution is 6.04. The summed E-state index contributed by atoms with van der Waals surface area (Å²) < 4.78 is 40.3. The van der Waals surface area contributed by atoms with E-state index in [9.17, 15) is 22.8 Å². The molecule has 0 fully saturated rings. The summed E-state index contributed by atoms with van der Waals surface area (Å²) in [7, 11) is 0. The Morgan fingerprint density at radius 3 is 2.08 bits per heavy atom. The molecular formula is C30H23F3N2O2. The van der Waals surface area contributed by atoms with Gasteiger partial charge in [-0.05, 0) is 39.9 Å². The molecule has 0 spiro atoms. The number of hydrogen-bond donors (Lipinski definition) is 1. The molecule has 2 amide bonds. The minimum absolute atomic E-state index is 0.0399. The molecule has 1 atom stereocenters. The minimum atomic E-state index is -4.54. The first kappa shape index (κ1) is 24.3. The van der Waals surface area contributed by atoms with Crippen molar-refractivity contribution in [2.45, 2.75) is 25.3 Å². The van der Waals surface area contributed by atoms with Gasteiger partial charge >= 0.3 is 6.18 Å². The van der Waals surface area contributed by atoms with Gasteiger partial charge in [-0.25, -0.2) is 0 Å². The average molecular weight is 501 g/mol. The number of nitrogens with zero attached hydrogens (tertiary/aromatic N) is 1. The van der Waals surface area contributed by atoms with Crippen LogP contribution >= 0.6 is 0 Å². The van der Waals surface area contributed by atoms with Crippen molar-refractivity contribution < 1.29 is 22.8 Å². The van der Waals surface area contributed by atoms with Crippen LogP contribution in [0.3, 0.4) is 0 Å². The molecule has 37 heavy (non-hydrogen) atoms. The van der Waals surface area contributed by atoms with E-state index in [4.69, 9.17) is 0 Å². The third kappa shape index (κ3) is 4.85. The molecule has 4 aromatic carbocycles. The van der Waals surface area contributed by atoms with Crippen LogP contribution in [0, 0.1) is 0 Å². The molecule has 0 radical (unpaired) electrons. The van der Waals surface area contributed by atoms with Crippen molar-refractivity contribution >= 4 is 11.8 Å². The summed E-state index contributed by atoms with van der Waals surface area (Å²) in [5.74, 6) is -0.832. The molecular weight excluding hydrogens is 477 g/mol. The lowest BCUT2D eigenvalue weighted by Gasteiger charge is -2.26. The van der Waals surface area contributed by atoms with Gasteiger partial charge in [-0.2, -0.15) is 13.2 Å². The lowest BCUT2D eigenvalue weighted by Crippen LogP contribution is -2.38. The van der Waals surface area contributed by atoms with Crippen molar-refractivity contribution in [2.75, 3.05) is 0 Å². The second-order valence-corrected chi connectivity index (χ2v) is 8.82. The van der Waals surface area contributed by atoms with Crippen LogP contribution in [0.25, 0.3) is 11.1 Å². The summed E-state index contributed by atoms with van der Waals surface area (Å²) in [4.78, 5) is 28.4. The Morgan fingerprint density at radius 2 is 1.35 bits per heavy atom. The van der Waals surface area contributed by atoms with Gasteiger partial charge in [0, 0.05) is 18.7 Å². The average Bonchev–Trinajstić information content (AvgIpc) is 3.19. The van der Waals surface area contributed by atoms with E-state index in [-0.39, 0.29) is 24.6 Å². The van der Waals surface area contributed by atoms with E-state index in [0.29, 0.717) is 11.1 Å². The molecule has 0 aromatic heterocycles. The largest absolute Gasteiger partial charge is 0.416 e. The number of nitrogens with one attached hydrogen (secondary N) is 1. The van der Waals surface area contributed by atoms with Crippen LogP contribution in [-0.2, 0) is 24.1 Å². The lowest BCUT2D eigenvalue weighted by atomic mass is 9.99. The van der Waals surface area contributed by atoms with Crippen LogP contribution in [0.5, 0.6) is 0 Å². The Labute approximate surface area is 212 Å². The van der Waals surface area contributed by atoms with Gasteiger partial charge in [0.05, 0.1) is 5.56 Å². The van der Waals surface area contributed by atoms with Gasteiger partial charge in [-0.15, -0.1) is 0 Å². The van der Waals surface area contributed by atoms with Crippen molar-refractivity contribution in [3.8, 4) is 11.1 Å². The molecule has 0 bridgehead atoms. The molecule has 1 aliphatic rings. The summed E-state index contributed by atoms with van der Waals surface area (Å²) >= 11 is 0. The number of carbonyl (C=O) groups is 2. The number of fused-ring (bicyclic) bond motifs is 1. The number of benzene rings is 4. The predicted molar refractivity (Wildman–Crippen MR) is 134 cm³/mol. The molecule has 0 saturated carbocycles. The van der Waals surface area contributed by atoms with E-state index < -0.39 is 23.7 Å². The van der Waals surface area contributed by atoms with Crippen molar-refractivity contribution in [2.24, 2.45) is 0 Å². The first-order valence-corrected chi connectivity index (χ1v) is 11.8. The van der Waals surface area contributed by atoms with Crippen LogP contribution in [-0.4, -0.2) is 16.7 Å². The standard InChI is InChI=1S/C30H23F3N2O2/c31-30(32,33)26-17-9-5-12-21(26)18-34-28(36)27-24-15-7-8-16-25(24)29(37)35(27)19-22-13-4-6-14-23(22)20-10-2-1-3-11-20/h1-17,27H,18-19H2,(H,34,36). The van der Waals surface area contributed by atoms with Crippen LogP contribution in [0.1, 0.15) is 38.7 Å². The SMILES string of the molecule is O=C(NCc1ccccc1C(F)(F)F)C1c2ccccc2C(=O)N1Cc1ccccc1-c1ccccc1. The van der Waals surface area contributed by atoms with Crippen molar-refractivity contribution in [1.29, 1.82) is 0 Å².